The first-order valence-electron chi connectivity index (χ1n) is 11.0. The zero-order valence-corrected chi connectivity index (χ0v) is 18.8. The Balaban J connectivity index is 1.66. The average molecular weight is 478 g/mol. The molecule has 35 heavy (non-hydrogen) atoms. The van der Waals surface area contributed by atoms with Crippen molar-refractivity contribution in [2.45, 2.75) is 32.1 Å². The molecule has 0 fully saturated rings. The summed E-state index contributed by atoms with van der Waals surface area (Å²) in [5, 5.41) is 0.718. The predicted molar refractivity (Wildman–Crippen MR) is 122 cm³/mol. The minimum atomic E-state index is -1.76. The summed E-state index contributed by atoms with van der Waals surface area (Å²) in [6.07, 6.45) is 0.0652. The molecule has 180 valence electrons. The van der Waals surface area contributed by atoms with Gasteiger partial charge in [-0.25, -0.2) is 9.78 Å². The van der Waals surface area contributed by atoms with Crippen LogP contribution in [-0.2, 0) is 42.6 Å². The first-order valence-corrected chi connectivity index (χ1v) is 11.0. The fourth-order valence-electron chi connectivity index (χ4n) is 4.59. The molecule has 2 aliphatic rings. The molecule has 0 radical (unpaired) electrons. The van der Waals surface area contributed by atoms with Crippen molar-refractivity contribution in [3.05, 3.63) is 57.4 Å². The van der Waals surface area contributed by atoms with Gasteiger partial charge in [-0.05, 0) is 36.8 Å². The van der Waals surface area contributed by atoms with E-state index in [0.29, 0.717) is 22.7 Å². The highest BCUT2D eigenvalue weighted by atomic mass is 16.6. The number of esters is 3. The van der Waals surface area contributed by atoms with E-state index in [0.717, 1.165) is 10.9 Å². The van der Waals surface area contributed by atoms with Crippen LogP contribution in [0.4, 0.5) is 0 Å². The highest BCUT2D eigenvalue weighted by Crippen LogP contribution is 2.41. The Morgan fingerprint density at radius 1 is 1.14 bits per heavy atom. The molecule has 2 aromatic heterocycles. The molecule has 4 heterocycles. The number of hydrogen-bond acceptors (Lipinski definition) is 10. The Labute approximate surface area is 198 Å². The van der Waals surface area contributed by atoms with Crippen LogP contribution in [0, 0.1) is 0 Å². The van der Waals surface area contributed by atoms with Crippen LogP contribution < -0.4 is 21.8 Å². The number of carbonyl (C=O) groups excluding carboxylic acids is 3. The van der Waals surface area contributed by atoms with Crippen LogP contribution in [-0.4, -0.2) is 40.5 Å². The van der Waals surface area contributed by atoms with E-state index < -0.39 is 30.1 Å². The standard InChI is InChI=1S/C24H22N4O7/c1-2-24(35-20(30)9-26)16-7-18-21-13(10-28(18)22(31)15(16)11-33-23(24)32)5-12-6-14(34-19(29)8-25)3-4-17(12)27-21/h3-7H,2,8-11,25-26H2,1H3/t24-/m0/s1. The Morgan fingerprint density at radius 2 is 1.91 bits per heavy atom. The second kappa shape index (κ2) is 8.29. The van der Waals surface area contributed by atoms with Crippen molar-refractivity contribution in [2.75, 3.05) is 13.1 Å². The summed E-state index contributed by atoms with van der Waals surface area (Å²) in [7, 11) is 0. The van der Waals surface area contributed by atoms with Crippen molar-refractivity contribution in [2.24, 2.45) is 11.5 Å². The Hall–Kier alpha value is -4.09. The zero-order valence-electron chi connectivity index (χ0n) is 18.8. The van der Waals surface area contributed by atoms with Crippen molar-refractivity contribution in [3.63, 3.8) is 0 Å². The topological polar surface area (TPSA) is 166 Å². The Bertz CT molecular complexity index is 1480. The van der Waals surface area contributed by atoms with Gasteiger partial charge in [-0.3, -0.25) is 14.4 Å². The maximum atomic E-state index is 13.5. The van der Waals surface area contributed by atoms with Crippen LogP contribution in [0.1, 0.15) is 30.0 Å². The summed E-state index contributed by atoms with van der Waals surface area (Å²) in [6, 6.07) is 8.52. The first-order chi connectivity index (χ1) is 16.8. The van der Waals surface area contributed by atoms with Crippen LogP contribution in [0.15, 0.2) is 35.1 Å². The van der Waals surface area contributed by atoms with E-state index >= 15 is 0 Å². The third kappa shape index (κ3) is 3.47. The zero-order chi connectivity index (χ0) is 24.9. The molecule has 0 bridgehead atoms. The summed E-state index contributed by atoms with van der Waals surface area (Å²) in [6.45, 7) is 1.03. The van der Waals surface area contributed by atoms with E-state index in [9.17, 15) is 19.2 Å². The van der Waals surface area contributed by atoms with E-state index in [-0.39, 0.29) is 42.8 Å². The van der Waals surface area contributed by atoms with Gasteiger partial charge in [0.05, 0.1) is 42.1 Å². The molecule has 4 N–H and O–H groups in total. The molecule has 0 saturated heterocycles. The minimum Gasteiger partial charge on any atom is -0.457 e. The molecule has 0 saturated carbocycles. The lowest BCUT2D eigenvalue weighted by molar-refractivity contribution is -0.188. The molecule has 11 nitrogen and oxygen atoms in total. The lowest BCUT2D eigenvalue weighted by Crippen LogP contribution is -2.48. The lowest BCUT2D eigenvalue weighted by Gasteiger charge is -2.35. The predicted octanol–water partition coefficient (Wildman–Crippen LogP) is 0.453. The molecule has 1 aromatic carbocycles. The normalized spacial score (nSPS) is 17.9. The van der Waals surface area contributed by atoms with Crippen LogP contribution >= 0.6 is 0 Å². The number of ether oxygens (including phenoxy) is 3. The van der Waals surface area contributed by atoms with Gasteiger partial charge in [0, 0.05) is 16.5 Å². The van der Waals surface area contributed by atoms with Crippen molar-refractivity contribution >= 4 is 28.8 Å². The maximum Gasteiger partial charge on any atom is 0.355 e. The summed E-state index contributed by atoms with van der Waals surface area (Å²) >= 11 is 0. The second-order valence-corrected chi connectivity index (χ2v) is 8.28. The highest BCUT2D eigenvalue weighted by molar-refractivity contribution is 5.89. The molecular weight excluding hydrogens is 456 g/mol. The van der Waals surface area contributed by atoms with Gasteiger partial charge >= 0.3 is 17.9 Å². The molecule has 0 aliphatic carbocycles. The van der Waals surface area contributed by atoms with Crippen molar-refractivity contribution < 1.29 is 28.6 Å². The van der Waals surface area contributed by atoms with E-state index in [4.69, 9.17) is 30.7 Å². The van der Waals surface area contributed by atoms with Gasteiger partial charge in [-0.2, -0.15) is 0 Å². The summed E-state index contributed by atoms with van der Waals surface area (Å²) in [5.74, 6) is -1.76. The third-order valence-electron chi connectivity index (χ3n) is 6.30. The number of rotatable bonds is 5. The minimum absolute atomic E-state index is 0.0652. The van der Waals surface area contributed by atoms with Crippen LogP contribution in [0.2, 0.25) is 0 Å². The number of hydrogen-bond donors (Lipinski definition) is 2. The molecular formula is C24H22N4O7. The highest BCUT2D eigenvalue weighted by Gasteiger charge is 2.50. The number of carbonyl (C=O) groups is 3. The van der Waals surface area contributed by atoms with Gasteiger partial charge < -0.3 is 30.2 Å². The largest absolute Gasteiger partial charge is 0.457 e. The Morgan fingerprint density at radius 3 is 2.63 bits per heavy atom. The van der Waals surface area contributed by atoms with Gasteiger partial charge in [0.25, 0.3) is 5.56 Å². The van der Waals surface area contributed by atoms with Gasteiger partial charge in [-0.15, -0.1) is 0 Å². The molecule has 11 heteroatoms. The average Bonchev–Trinajstić information content (AvgIpc) is 3.22. The maximum absolute atomic E-state index is 13.5. The van der Waals surface area contributed by atoms with Crippen molar-refractivity contribution in [1.82, 2.24) is 9.55 Å². The van der Waals surface area contributed by atoms with Crippen molar-refractivity contribution in [3.8, 4) is 17.1 Å². The number of benzene rings is 1. The molecule has 2 aliphatic heterocycles. The fourth-order valence-corrected chi connectivity index (χ4v) is 4.59. The van der Waals surface area contributed by atoms with Gasteiger partial charge in [0.15, 0.2) is 0 Å². The quantitative estimate of drug-likeness (QED) is 0.304. The summed E-state index contributed by atoms with van der Waals surface area (Å²) < 4.78 is 17.5. The van der Waals surface area contributed by atoms with Gasteiger partial charge in [0.2, 0.25) is 5.60 Å². The van der Waals surface area contributed by atoms with Crippen molar-refractivity contribution in [1.29, 1.82) is 0 Å². The molecule has 0 unspecified atom stereocenters. The SMILES string of the molecule is CC[C@@]1(OC(=O)CN)C(=O)OCc2c1cc1n(c2=O)Cc2cc3cc(OC(=O)CN)ccc3nc2-1. The van der Waals surface area contributed by atoms with E-state index in [1.165, 1.54) is 0 Å². The molecule has 1 atom stereocenters. The smallest absolute Gasteiger partial charge is 0.355 e. The number of fused-ring (bicyclic) bond motifs is 5. The number of pyridine rings is 2. The van der Waals surface area contributed by atoms with Crippen LogP contribution in [0.25, 0.3) is 22.3 Å². The van der Waals surface area contributed by atoms with E-state index in [1.54, 1.807) is 35.8 Å². The third-order valence-corrected chi connectivity index (χ3v) is 6.30. The van der Waals surface area contributed by atoms with E-state index in [1.807, 2.05) is 6.07 Å². The van der Waals surface area contributed by atoms with Gasteiger partial charge in [0.1, 0.15) is 12.4 Å². The molecule has 0 spiro atoms. The lowest BCUT2D eigenvalue weighted by atomic mass is 9.85. The van der Waals surface area contributed by atoms with Crippen LogP contribution in [0.3, 0.4) is 0 Å². The Kier molecular flexibility index (Phi) is 5.37. The first kappa shape index (κ1) is 22.7. The van der Waals surface area contributed by atoms with Crippen LogP contribution in [0.5, 0.6) is 5.75 Å². The van der Waals surface area contributed by atoms with Gasteiger partial charge in [-0.1, -0.05) is 6.92 Å². The molecule has 5 rings (SSSR count). The fraction of sp³-hybridized carbons (Fsp3) is 0.292. The summed E-state index contributed by atoms with van der Waals surface area (Å²) in [5.41, 5.74) is 11.6. The number of nitrogens with zero attached hydrogens (tertiary/aromatic N) is 2. The number of aromatic nitrogens is 2. The molecule has 3 aromatic rings. The second-order valence-electron chi connectivity index (χ2n) is 8.28. The van der Waals surface area contributed by atoms with E-state index in [2.05, 4.69) is 0 Å². The molecule has 0 amide bonds. The monoisotopic (exact) mass is 478 g/mol. The number of nitrogens with two attached hydrogens (primary N) is 2. The number of cyclic esters (lactones) is 1. The summed E-state index contributed by atoms with van der Waals surface area (Å²) in [4.78, 5) is 54.6.